The number of hydrogen-bond acceptors (Lipinski definition) is 8. The Labute approximate surface area is 220 Å². The number of nitrogens with one attached hydrogen (secondary N) is 2. The lowest BCUT2D eigenvalue weighted by molar-refractivity contribution is -0.115. The molecule has 1 unspecified atom stereocenters. The number of urea groups is 1. The molecule has 1 atom stereocenters. The molecule has 2 N–H and O–H groups in total. The predicted octanol–water partition coefficient (Wildman–Crippen LogP) is 2.69. The molecule has 0 spiro atoms. The third kappa shape index (κ3) is 4.95. The number of ketones is 1. The van der Waals surface area contributed by atoms with Gasteiger partial charge in [0.2, 0.25) is 0 Å². The van der Waals surface area contributed by atoms with Crippen LogP contribution in [0.3, 0.4) is 0 Å². The SMILES string of the molecule is Cc1cccc(C2=CC(=O)C(Cc3nc4c(c(N5CCOCC5)n3)CN(C(=O)Nc3cccnc3)C4)N2)c1. The van der Waals surface area contributed by atoms with Crippen molar-refractivity contribution in [3.63, 3.8) is 0 Å². The van der Waals surface area contributed by atoms with Crippen molar-refractivity contribution in [2.75, 3.05) is 36.5 Å². The van der Waals surface area contributed by atoms with Gasteiger partial charge in [0.05, 0.1) is 49.9 Å². The van der Waals surface area contributed by atoms with Gasteiger partial charge in [-0.15, -0.1) is 0 Å². The van der Waals surface area contributed by atoms with E-state index in [0.717, 1.165) is 33.9 Å². The molecule has 10 nitrogen and oxygen atoms in total. The molecule has 1 aromatic carbocycles. The maximum atomic E-state index is 13.0. The maximum absolute atomic E-state index is 13.0. The van der Waals surface area contributed by atoms with Crippen LogP contribution in [0.4, 0.5) is 16.3 Å². The summed E-state index contributed by atoms with van der Waals surface area (Å²) in [7, 11) is 0. The summed E-state index contributed by atoms with van der Waals surface area (Å²) in [4.78, 5) is 43.7. The van der Waals surface area contributed by atoms with Crippen molar-refractivity contribution in [3.05, 3.63) is 83.1 Å². The van der Waals surface area contributed by atoms with Crippen LogP contribution >= 0.6 is 0 Å². The van der Waals surface area contributed by atoms with Gasteiger partial charge in [0.25, 0.3) is 0 Å². The molecule has 3 aromatic rings. The molecule has 2 amide bonds. The number of pyridine rings is 1. The number of morpholine rings is 1. The molecule has 0 saturated carbocycles. The van der Waals surface area contributed by atoms with Crippen molar-refractivity contribution in [2.24, 2.45) is 0 Å². The average Bonchev–Trinajstić information content (AvgIpc) is 3.53. The number of carbonyl (C=O) groups excluding carboxylic acids is 2. The second kappa shape index (κ2) is 10.2. The van der Waals surface area contributed by atoms with Crippen molar-refractivity contribution in [3.8, 4) is 0 Å². The van der Waals surface area contributed by atoms with Crippen LogP contribution in [0.5, 0.6) is 0 Å². The van der Waals surface area contributed by atoms with E-state index >= 15 is 0 Å². The van der Waals surface area contributed by atoms with E-state index in [1.807, 2.05) is 25.1 Å². The minimum absolute atomic E-state index is 0.0102. The van der Waals surface area contributed by atoms with Crippen molar-refractivity contribution < 1.29 is 14.3 Å². The van der Waals surface area contributed by atoms with Crippen LogP contribution in [0.15, 0.2) is 54.9 Å². The number of fused-ring (bicyclic) bond motifs is 1. The monoisotopic (exact) mass is 511 g/mol. The molecule has 38 heavy (non-hydrogen) atoms. The number of benzene rings is 1. The number of hydrogen-bond donors (Lipinski definition) is 2. The van der Waals surface area contributed by atoms with Crippen LogP contribution < -0.4 is 15.5 Å². The summed E-state index contributed by atoms with van der Waals surface area (Å²) in [5, 5.41) is 6.27. The number of aromatic nitrogens is 3. The van der Waals surface area contributed by atoms with Gasteiger partial charge in [-0.2, -0.15) is 0 Å². The minimum atomic E-state index is -0.438. The van der Waals surface area contributed by atoms with Gasteiger partial charge in [0.1, 0.15) is 11.6 Å². The molecule has 0 bridgehead atoms. The standard InChI is InChI=1S/C28H29N7O3/c1-18-4-2-5-19(12-18)22-13-25(36)23(31-22)14-26-32-24-17-35(28(37)30-20-6-3-7-29-15-20)16-21(24)27(33-26)34-8-10-38-11-9-34/h2-7,12-13,15,23,31H,8-11,14,16-17H2,1H3,(H,30,37). The molecule has 194 valence electrons. The lowest BCUT2D eigenvalue weighted by Crippen LogP contribution is -2.38. The largest absolute Gasteiger partial charge is 0.378 e. The Bertz CT molecular complexity index is 1400. The summed E-state index contributed by atoms with van der Waals surface area (Å²) >= 11 is 0. The van der Waals surface area contributed by atoms with Gasteiger partial charge in [-0.05, 0) is 30.7 Å². The molecular formula is C28H29N7O3. The van der Waals surface area contributed by atoms with Crippen molar-refractivity contribution >= 4 is 29.0 Å². The van der Waals surface area contributed by atoms with Crippen LogP contribution in [0.1, 0.15) is 28.2 Å². The van der Waals surface area contributed by atoms with Crippen LogP contribution in [0.25, 0.3) is 5.70 Å². The topological polar surface area (TPSA) is 113 Å². The Balaban J connectivity index is 1.23. The van der Waals surface area contributed by atoms with E-state index in [-0.39, 0.29) is 11.8 Å². The van der Waals surface area contributed by atoms with E-state index in [4.69, 9.17) is 14.7 Å². The van der Waals surface area contributed by atoms with E-state index in [0.29, 0.717) is 57.3 Å². The Hall–Kier alpha value is -4.31. The fourth-order valence-corrected chi connectivity index (χ4v) is 5.06. The van der Waals surface area contributed by atoms with E-state index in [9.17, 15) is 9.59 Å². The lowest BCUT2D eigenvalue weighted by Gasteiger charge is -2.29. The van der Waals surface area contributed by atoms with Gasteiger partial charge in [-0.1, -0.05) is 23.8 Å². The number of nitrogens with zero attached hydrogens (tertiary/aromatic N) is 5. The fourth-order valence-electron chi connectivity index (χ4n) is 5.06. The van der Waals surface area contributed by atoms with Crippen molar-refractivity contribution in [2.45, 2.75) is 32.5 Å². The molecule has 6 rings (SSSR count). The average molecular weight is 512 g/mol. The minimum Gasteiger partial charge on any atom is -0.378 e. The number of aryl methyl sites for hydroxylation is 1. The highest BCUT2D eigenvalue weighted by molar-refractivity contribution is 6.05. The van der Waals surface area contributed by atoms with E-state index < -0.39 is 6.04 Å². The predicted molar refractivity (Wildman–Crippen MR) is 142 cm³/mol. The molecule has 0 aliphatic carbocycles. The first-order chi connectivity index (χ1) is 18.5. The highest BCUT2D eigenvalue weighted by Crippen LogP contribution is 2.31. The quantitative estimate of drug-likeness (QED) is 0.538. The number of anilines is 2. The number of amides is 2. The van der Waals surface area contributed by atoms with Crippen LogP contribution in [-0.4, -0.2) is 64.0 Å². The summed E-state index contributed by atoms with van der Waals surface area (Å²) in [6.07, 6.45) is 5.30. The summed E-state index contributed by atoms with van der Waals surface area (Å²) in [5.41, 5.74) is 5.33. The number of ether oxygens (including phenoxy) is 1. The number of rotatable bonds is 5. The molecule has 10 heteroatoms. The Morgan fingerprint density at radius 1 is 1.16 bits per heavy atom. The molecule has 1 fully saturated rings. The highest BCUT2D eigenvalue weighted by atomic mass is 16.5. The molecular weight excluding hydrogens is 482 g/mol. The Morgan fingerprint density at radius 3 is 2.82 bits per heavy atom. The van der Waals surface area contributed by atoms with Gasteiger partial charge >= 0.3 is 6.03 Å². The smallest absolute Gasteiger partial charge is 0.322 e. The van der Waals surface area contributed by atoms with Crippen molar-refractivity contribution in [1.29, 1.82) is 0 Å². The zero-order chi connectivity index (χ0) is 26.1. The van der Waals surface area contributed by atoms with Gasteiger partial charge < -0.3 is 25.2 Å². The zero-order valence-electron chi connectivity index (χ0n) is 21.2. The molecule has 3 aliphatic heterocycles. The van der Waals surface area contributed by atoms with Crippen LogP contribution in [-0.2, 0) is 29.0 Å². The van der Waals surface area contributed by atoms with Crippen LogP contribution in [0.2, 0.25) is 0 Å². The van der Waals surface area contributed by atoms with Crippen molar-refractivity contribution in [1.82, 2.24) is 25.2 Å². The summed E-state index contributed by atoms with van der Waals surface area (Å²) in [6, 6.07) is 11.0. The molecule has 2 aromatic heterocycles. The second-order valence-electron chi connectivity index (χ2n) is 9.75. The van der Waals surface area contributed by atoms with Gasteiger partial charge in [0, 0.05) is 43.0 Å². The van der Waals surface area contributed by atoms with Crippen LogP contribution in [0, 0.1) is 6.92 Å². The normalized spacial score (nSPS) is 18.7. The highest BCUT2D eigenvalue weighted by Gasteiger charge is 2.33. The van der Waals surface area contributed by atoms with E-state index in [1.54, 1.807) is 35.5 Å². The van der Waals surface area contributed by atoms with Gasteiger partial charge in [-0.25, -0.2) is 14.8 Å². The molecule has 3 aliphatic rings. The first-order valence-corrected chi connectivity index (χ1v) is 12.8. The van der Waals surface area contributed by atoms with E-state index in [2.05, 4.69) is 26.6 Å². The fraction of sp³-hybridized carbons (Fsp3) is 0.321. The molecule has 0 radical (unpaired) electrons. The second-order valence-corrected chi connectivity index (χ2v) is 9.75. The first-order valence-electron chi connectivity index (χ1n) is 12.8. The maximum Gasteiger partial charge on any atom is 0.322 e. The summed E-state index contributed by atoms with van der Waals surface area (Å²) in [5.74, 6) is 1.42. The Morgan fingerprint density at radius 2 is 2.03 bits per heavy atom. The summed E-state index contributed by atoms with van der Waals surface area (Å²) in [6.45, 7) is 5.47. The summed E-state index contributed by atoms with van der Waals surface area (Å²) < 4.78 is 5.55. The van der Waals surface area contributed by atoms with E-state index in [1.165, 1.54) is 0 Å². The third-order valence-corrected chi connectivity index (χ3v) is 6.99. The third-order valence-electron chi connectivity index (χ3n) is 6.99. The number of carbonyl (C=O) groups is 2. The molecule has 1 saturated heterocycles. The lowest BCUT2D eigenvalue weighted by atomic mass is 10.1. The molecule has 5 heterocycles. The first kappa shape index (κ1) is 24.1. The van der Waals surface area contributed by atoms with Gasteiger partial charge in [0.15, 0.2) is 5.78 Å². The zero-order valence-corrected chi connectivity index (χ0v) is 21.2. The van der Waals surface area contributed by atoms with Gasteiger partial charge in [-0.3, -0.25) is 9.78 Å². The Kier molecular flexibility index (Phi) is 6.47.